The molecule has 5 rings (SSSR count). The Hall–Kier alpha value is -1.34. The van der Waals surface area contributed by atoms with Crippen molar-refractivity contribution >= 4 is 23.2 Å². The lowest BCUT2D eigenvalue weighted by Crippen LogP contribution is -2.52. The number of fused-ring (bicyclic) bond motifs is 1. The number of hydrogen-bond acceptors (Lipinski definition) is 6. The van der Waals surface area contributed by atoms with Crippen LogP contribution in [0.5, 0.6) is 0 Å². The monoisotopic (exact) mass is 330 g/mol. The maximum absolute atomic E-state index is 4.78. The number of anilines is 1. The van der Waals surface area contributed by atoms with Crippen LogP contribution < -0.4 is 10.2 Å². The molecule has 4 heterocycles. The molecule has 1 unspecified atom stereocenters. The van der Waals surface area contributed by atoms with Crippen LogP contribution in [0.25, 0.3) is 5.65 Å². The zero-order chi connectivity index (χ0) is 15.2. The second kappa shape index (κ2) is 5.63. The van der Waals surface area contributed by atoms with E-state index in [1.807, 2.05) is 10.6 Å². The number of nitrogens with zero attached hydrogens (tertiary/aromatic N) is 5. The lowest BCUT2D eigenvalue weighted by molar-refractivity contribution is 0.365. The SMILES string of the molecule is c1cc2nnc(C3CC3)n2nc1N1CC(CNC2CCSC2)C1. The molecule has 2 aromatic rings. The molecule has 7 heteroatoms. The molecule has 1 atom stereocenters. The van der Waals surface area contributed by atoms with Crippen LogP contribution in [0.3, 0.4) is 0 Å². The molecule has 122 valence electrons. The molecule has 3 aliphatic rings. The fourth-order valence-electron chi connectivity index (χ4n) is 3.48. The van der Waals surface area contributed by atoms with Crippen molar-refractivity contribution in [2.75, 3.05) is 36.0 Å². The van der Waals surface area contributed by atoms with Gasteiger partial charge in [0.25, 0.3) is 0 Å². The standard InChI is InChI=1S/C16H22N6S/c1-2-12(1)16-19-18-14-3-4-15(20-22(14)16)21-8-11(9-21)7-17-13-5-6-23-10-13/h3-4,11-13,17H,1-2,5-10H2. The van der Waals surface area contributed by atoms with Gasteiger partial charge in [-0.3, -0.25) is 0 Å². The molecule has 2 saturated heterocycles. The van der Waals surface area contributed by atoms with Crippen LogP contribution in [0.4, 0.5) is 5.82 Å². The third-order valence-corrected chi connectivity index (χ3v) is 6.28. The van der Waals surface area contributed by atoms with Gasteiger partial charge < -0.3 is 10.2 Å². The quantitative estimate of drug-likeness (QED) is 0.897. The van der Waals surface area contributed by atoms with Gasteiger partial charge in [-0.15, -0.1) is 15.3 Å². The smallest absolute Gasteiger partial charge is 0.178 e. The molecule has 1 N–H and O–H groups in total. The normalized spacial score (nSPS) is 25.2. The lowest BCUT2D eigenvalue weighted by atomic mass is 10.00. The van der Waals surface area contributed by atoms with E-state index in [9.17, 15) is 0 Å². The van der Waals surface area contributed by atoms with E-state index < -0.39 is 0 Å². The number of aromatic nitrogens is 4. The Morgan fingerprint density at radius 2 is 2.09 bits per heavy atom. The molecular formula is C16H22N6S. The van der Waals surface area contributed by atoms with Gasteiger partial charge in [-0.1, -0.05) is 0 Å². The van der Waals surface area contributed by atoms with Crippen molar-refractivity contribution in [2.45, 2.75) is 31.2 Å². The first-order valence-corrected chi connectivity index (χ1v) is 9.81. The van der Waals surface area contributed by atoms with Gasteiger partial charge in [-0.25, -0.2) is 0 Å². The first-order valence-electron chi connectivity index (χ1n) is 8.65. The van der Waals surface area contributed by atoms with Crippen LogP contribution in [0.2, 0.25) is 0 Å². The third kappa shape index (κ3) is 2.70. The number of rotatable bonds is 5. The van der Waals surface area contributed by atoms with Crippen LogP contribution in [-0.4, -0.2) is 57.0 Å². The molecule has 23 heavy (non-hydrogen) atoms. The van der Waals surface area contributed by atoms with E-state index in [0.29, 0.717) is 5.92 Å². The van der Waals surface area contributed by atoms with Crippen molar-refractivity contribution in [3.8, 4) is 0 Å². The minimum absolute atomic E-state index is 0.574. The number of hydrogen-bond donors (Lipinski definition) is 1. The van der Waals surface area contributed by atoms with Crippen molar-refractivity contribution in [3.05, 3.63) is 18.0 Å². The molecule has 0 bridgehead atoms. The summed E-state index contributed by atoms with van der Waals surface area (Å²) in [5, 5.41) is 17.0. The molecule has 6 nitrogen and oxygen atoms in total. The zero-order valence-corrected chi connectivity index (χ0v) is 14.0. The average molecular weight is 330 g/mol. The maximum atomic E-state index is 4.78. The summed E-state index contributed by atoms with van der Waals surface area (Å²) in [6.45, 7) is 3.35. The highest BCUT2D eigenvalue weighted by Crippen LogP contribution is 2.38. The first kappa shape index (κ1) is 14.0. The van der Waals surface area contributed by atoms with Gasteiger partial charge in [0.05, 0.1) is 0 Å². The highest BCUT2D eigenvalue weighted by Gasteiger charge is 2.31. The Morgan fingerprint density at radius 1 is 1.17 bits per heavy atom. The molecule has 0 amide bonds. The Kier molecular flexibility index (Phi) is 3.44. The largest absolute Gasteiger partial charge is 0.354 e. The fraction of sp³-hybridized carbons (Fsp3) is 0.688. The Bertz CT molecular complexity index is 700. The van der Waals surface area contributed by atoms with Gasteiger partial charge in [0.2, 0.25) is 0 Å². The van der Waals surface area contributed by atoms with Gasteiger partial charge >= 0.3 is 0 Å². The summed E-state index contributed by atoms with van der Waals surface area (Å²) in [5.74, 6) is 6.03. The van der Waals surface area contributed by atoms with E-state index in [2.05, 4.69) is 38.2 Å². The summed E-state index contributed by atoms with van der Waals surface area (Å²) in [6.07, 6.45) is 3.78. The second-order valence-corrected chi connectivity index (χ2v) is 8.18. The molecule has 0 spiro atoms. The topological polar surface area (TPSA) is 58.4 Å². The summed E-state index contributed by atoms with van der Waals surface area (Å²) in [5.41, 5.74) is 0.869. The van der Waals surface area contributed by atoms with Gasteiger partial charge in [0.15, 0.2) is 11.5 Å². The Balaban J connectivity index is 1.22. The van der Waals surface area contributed by atoms with E-state index >= 15 is 0 Å². The lowest BCUT2D eigenvalue weighted by Gasteiger charge is -2.40. The van der Waals surface area contributed by atoms with Crippen LogP contribution in [0, 0.1) is 5.92 Å². The third-order valence-electron chi connectivity index (χ3n) is 5.12. The summed E-state index contributed by atoms with van der Waals surface area (Å²) >= 11 is 2.07. The van der Waals surface area contributed by atoms with Gasteiger partial charge in [-0.2, -0.15) is 16.3 Å². The molecule has 2 aliphatic heterocycles. The van der Waals surface area contributed by atoms with E-state index in [-0.39, 0.29) is 0 Å². The Labute approximate surface area is 140 Å². The molecule has 0 aromatic carbocycles. The summed E-state index contributed by atoms with van der Waals surface area (Å²) in [4.78, 5) is 2.37. The van der Waals surface area contributed by atoms with Crippen molar-refractivity contribution in [1.29, 1.82) is 0 Å². The predicted octanol–water partition coefficient (Wildman–Crippen LogP) is 1.53. The van der Waals surface area contributed by atoms with Gasteiger partial charge in [-0.05, 0) is 37.1 Å². The van der Waals surface area contributed by atoms with E-state index in [1.165, 1.54) is 30.8 Å². The minimum Gasteiger partial charge on any atom is -0.354 e. The number of nitrogens with one attached hydrogen (secondary N) is 1. The molecule has 1 saturated carbocycles. The zero-order valence-electron chi connectivity index (χ0n) is 13.2. The second-order valence-electron chi connectivity index (χ2n) is 7.03. The number of thioether (sulfide) groups is 1. The van der Waals surface area contributed by atoms with E-state index in [0.717, 1.165) is 48.9 Å². The molecular weight excluding hydrogens is 308 g/mol. The predicted molar refractivity (Wildman–Crippen MR) is 92.2 cm³/mol. The van der Waals surface area contributed by atoms with Crippen LogP contribution in [-0.2, 0) is 0 Å². The van der Waals surface area contributed by atoms with Gasteiger partial charge in [0.1, 0.15) is 5.82 Å². The summed E-state index contributed by atoms with van der Waals surface area (Å²) in [6, 6.07) is 4.86. The minimum atomic E-state index is 0.574. The summed E-state index contributed by atoms with van der Waals surface area (Å²) < 4.78 is 1.95. The molecule has 0 radical (unpaired) electrons. The van der Waals surface area contributed by atoms with Crippen LogP contribution in [0.15, 0.2) is 12.1 Å². The van der Waals surface area contributed by atoms with E-state index in [4.69, 9.17) is 5.10 Å². The fourth-order valence-corrected chi connectivity index (χ4v) is 4.66. The molecule has 2 aromatic heterocycles. The van der Waals surface area contributed by atoms with Crippen molar-refractivity contribution in [1.82, 2.24) is 25.1 Å². The molecule has 1 aliphatic carbocycles. The highest BCUT2D eigenvalue weighted by molar-refractivity contribution is 7.99. The van der Waals surface area contributed by atoms with Crippen LogP contribution in [0.1, 0.15) is 31.0 Å². The van der Waals surface area contributed by atoms with Crippen molar-refractivity contribution < 1.29 is 0 Å². The molecule has 3 fully saturated rings. The Morgan fingerprint density at radius 3 is 2.87 bits per heavy atom. The van der Waals surface area contributed by atoms with Gasteiger partial charge in [0, 0.05) is 43.3 Å². The van der Waals surface area contributed by atoms with Crippen molar-refractivity contribution in [3.63, 3.8) is 0 Å². The summed E-state index contributed by atoms with van der Waals surface area (Å²) in [7, 11) is 0. The maximum Gasteiger partial charge on any atom is 0.178 e. The average Bonchev–Trinajstić information content (AvgIpc) is 3.08. The van der Waals surface area contributed by atoms with Crippen molar-refractivity contribution in [2.24, 2.45) is 5.92 Å². The highest BCUT2D eigenvalue weighted by atomic mass is 32.2. The first-order chi connectivity index (χ1) is 11.4. The van der Waals surface area contributed by atoms with E-state index in [1.54, 1.807) is 0 Å². The van der Waals surface area contributed by atoms with Crippen LogP contribution >= 0.6 is 11.8 Å².